The second-order valence-electron chi connectivity index (χ2n) is 12.4. The van der Waals surface area contributed by atoms with Crippen molar-refractivity contribution in [2.24, 2.45) is 0 Å². The van der Waals surface area contributed by atoms with Gasteiger partial charge in [-0.2, -0.15) is 0 Å². The first-order chi connectivity index (χ1) is 24.3. The lowest BCUT2D eigenvalue weighted by Crippen LogP contribution is -2.10. The van der Waals surface area contributed by atoms with E-state index < -0.39 is 0 Å². The summed E-state index contributed by atoms with van der Waals surface area (Å²) in [7, 11) is 0. The molecule has 0 aliphatic heterocycles. The minimum absolute atomic E-state index is 1.14. The maximum atomic E-state index is 2.42. The van der Waals surface area contributed by atoms with Crippen LogP contribution < -0.4 is 4.90 Å². The predicted molar refractivity (Wildman–Crippen MR) is 215 cm³/mol. The Bertz CT molecular complexity index is 2770. The molecule has 10 aromatic rings. The van der Waals surface area contributed by atoms with E-state index in [1.807, 2.05) is 22.7 Å². The molecule has 0 spiro atoms. The van der Waals surface area contributed by atoms with Gasteiger partial charge in [-0.05, 0) is 41.5 Å². The Labute approximate surface area is 292 Å². The molecule has 2 heterocycles. The molecule has 2 aromatic heterocycles. The number of fused-ring (bicyclic) bond motifs is 8. The zero-order valence-corrected chi connectivity index (χ0v) is 28.1. The fourth-order valence-electron chi connectivity index (χ4n) is 7.46. The van der Waals surface area contributed by atoms with Crippen LogP contribution in [0.4, 0.5) is 17.1 Å². The van der Waals surface area contributed by atoms with E-state index in [4.69, 9.17) is 0 Å². The molecule has 0 N–H and O–H groups in total. The minimum Gasteiger partial charge on any atom is -0.310 e. The van der Waals surface area contributed by atoms with Gasteiger partial charge >= 0.3 is 0 Å². The number of thiophene rings is 2. The number of hydrogen-bond acceptors (Lipinski definition) is 3. The van der Waals surface area contributed by atoms with Gasteiger partial charge in [0.25, 0.3) is 0 Å². The first kappa shape index (κ1) is 28.3. The lowest BCUT2D eigenvalue weighted by atomic mass is 9.98. The highest BCUT2D eigenvalue weighted by Gasteiger charge is 2.21. The first-order valence-corrected chi connectivity index (χ1v) is 18.2. The van der Waals surface area contributed by atoms with Gasteiger partial charge in [0.15, 0.2) is 0 Å². The van der Waals surface area contributed by atoms with Gasteiger partial charge in [0.2, 0.25) is 0 Å². The summed E-state index contributed by atoms with van der Waals surface area (Å²) < 4.78 is 5.35. The van der Waals surface area contributed by atoms with Crippen molar-refractivity contribution in [3.63, 3.8) is 0 Å². The third-order valence-corrected chi connectivity index (χ3v) is 12.2. The summed E-state index contributed by atoms with van der Waals surface area (Å²) in [5, 5.41) is 7.77. The summed E-state index contributed by atoms with van der Waals surface area (Å²) in [5.41, 5.74) is 8.63. The van der Waals surface area contributed by atoms with Crippen LogP contribution in [0.25, 0.3) is 73.4 Å². The molecule has 0 amide bonds. The van der Waals surface area contributed by atoms with Crippen molar-refractivity contribution in [1.29, 1.82) is 0 Å². The summed E-state index contributed by atoms with van der Waals surface area (Å²) in [4.78, 5) is 2.40. The second-order valence-corrected chi connectivity index (χ2v) is 14.5. The van der Waals surface area contributed by atoms with Crippen molar-refractivity contribution in [1.82, 2.24) is 0 Å². The fourth-order valence-corrected chi connectivity index (χ4v) is 10.2. The highest BCUT2D eigenvalue weighted by Crippen LogP contribution is 2.50. The molecule has 0 fully saturated rings. The Kier molecular flexibility index (Phi) is 6.61. The van der Waals surface area contributed by atoms with Crippen molar-refractivity contribution in [3.05, 3.63) is 176 Å². The molecule has 0 atom stereocenters. The maximum Gasteiger partial charge on any atom is 0.0547 e. The van der Waals surface area contributed by atoms with Gasteiger partial charge in [-0.25, -0.2) is 0 Å². The van der Waals surface area contributed by atoms with Crippen molar-refractivity contribution in [3.8, 4) is 22.3 Å². The van der Waals surface area contributed by atoms with E-state index in [-0.39, 0.29) is 0 Å². The molecule has 0 aliphatic carbocycles. The molecular formula is C46H29NS2. The Morgan fingerprint density at radius 3 is 1.31 bits per heavy atom. The van der Waals surface area contributed by atoms with E-state index in [1.54, 1.807) is 0 Å². The van der Waals surface area contributed by atoms with E-state index in [0.717, 1.165) is 11.4 Å². The normalized spacial score (nSPS) is 11.7. The van der Waals surface area contributed by atoms with Crippen LogP contribution in [-0.4, -0.2) is 0 Å². The third kappa shape index (κ3) is 4.51. The molecule has 49 heavy (non-hydrogen) atoms. The Morgan fingerprint density at radius 2 is 0.714 bits per heavy atom. The molecular weight excluding hydrogens is 631 g/mol. The van der Waals surface area contributed by atoms with Crippen LogP contribution >= 0.6 is 22.7 Å². The van der Waals surface area contributed by atoms with Crippen LogP contribution in [0.5, 0.6) is 0 Å². The van der Waals surface area contributed by atoms with Crippen molar-refractivity contribution in [2.45, 2.75) is 0 Å². The number of rotatable bonds is 5. The van der Waals surface area contributed by atoms with Crippen LogP contribution in [0.1, 0.15) is 0 Å². The lowest BCUT2D eigenvalue weighted by molar-refractivity contribution is 1.30. The smallest absolute Gasteiger partial charge is 0.0547 e. The second kappa shape index (κ2) is 11.5. The molecule has 3 heteroatoms. The summed E-state index contributed by atoms with van der Waals surface area (Å²) in [6, 6.07) is 64.0. The number of nitrogens with zero attached hydrogens (tertiary/aromatic N) is 1. The molecule has 8 aromatic carbocycles. The van der Waals surface area contributed by atoms with E-state index in [2.05, 4.69) is 181 Å². The third-order valence-electron chi connectivity index (χ3n) is 9.65. The largest absolute Gasteiger partial charge is 0.310 e. The number of benzene rings is 8. The Morgan fingerprint density at radius 1 is 0.306 bits per heavy atom. The lowest BCUT2D eigenvalue weighted by Gasteiger charge is -2.27. The van der Waals surface area contributed by atoms with Crippen LogP contribution in [0.3, 0.4) is 0 Å². The molecule has 230 valence electrons. The SMILES string of the molecule is c1ccc(-c2cccc3c2sc2c(-c4cccc5c4sc4c6ccccc6c(N(c6ccccc6)c6ccccc6)cc54)cccc23)cc1. The highest BCUT2D eigenvalue weighted by atomic mass is 32.1. The summed E-state index contributed by atoms with van der Waals surface area (Å²) in [6.07, 6.45) is 0. The Balaban J connectivity index is 1.24. The summed E-state index contributed by atoms with van der Waals surface area (Å²) in [5.74, 6) is 0. The van der Waals surface area contributed by atoms with Crippen LogP contribution in [0, 0.1) is 0 Å². The molecule has 0 saturated heterocycles. The molecule has 0 unspecified atom stereocenters. The van der Waals surface area contributed by atoms with Crippen molar-refractivity contribution in [2.75, 3.05) is 4.90 Å². The van der Waals surface area contributed by atoms with Gasteiger partial charge in [0, 0.05) is 73.6 Å². The van der Waals surface area contributed by atoms with Gasteiger partial charge in [0.1, 0.15) is 0 Å². The van der Waals surface area contributed by atoms with Crippen molar-refractivity contribution < 1.29 is 0 Å². The first-order valence-electron chi connectivity index (χ1n) is 16.6. The molecule has 0 bridgehead atoms. The van der Waals surface area contributed by atoms with Crippen LogP contribution in [0.2, 0.25) is 0 Å². The minimum atomic E-state index is 1.14. The fraction of sp³-hybridized carbons (Fsp3) is 0. The van der Waals surface area contributed by atoms with Crippen LogP contribution in [-0.2, 0) is 0 Å². The highest BCUT2D eigenvalue weighted by molar-refractivity contribution is 7.28. The molecule has 0 saturated carbocycles. The number of hydrogen-bond donors (Lipinski definition) is 0. The monoisotopic (exact) mass is 659 g/mol. The molecule has 1 nitrogen and oxygen atoms in total. The molecule has 10 rings (SSSR count). The van der Waals surface area contributed by atoms with Gasteiger partial charge in [-0.15, -0.1) is 22.7 Å². The van der Waals surface area contributed by atoms with E-state index in [0.29, 0.717) is 0 Å². The van der Waals surface area contributed by atoms with E-state index in [1.165, 1.54) is 79.1 Å². The topological polar surface area (TPSA) is 3.24 Å². The van der Waals surface area contributed by atoms with Crippen molar-refractivity contribution >= 4 is 90.9 Å². The number of para-hydroxylation sites is 2. The van der Waals surface area contributed by atoms with Gasteiger partial charge < -0.3 is 4.90 Å². The van der Waals surface area contributed by atoms with E-state index >= 15 is 0 Å². The average Bonchev–Trinajstić information content (AvgIpc) is 3.75. The van der Waals surface area contributed by atoms with Gasteiger partial charge in [-0.1, -0.05) is 146 Å². The zero-order chi connectivity index (χ0) is 32.3. The van der Waals surface area contributed by atoms with Gasteiger partial charge in [0.05, 0.1) is 5.69 Å². The van der Waals surface area contributed by atoms with E-state index in [9.17, 15) is 0 Å². The Hall–Kier alpha value is -5.74. The quantitative estimate of drug-likeness (QED) is 0.178. The predicted octanol–water partition coefficient (Wildman–Crippen LogP) is 14.4. The zero-order valence-electron chi connectivity index (χ0n) is 26.5. The standard InChI is InChI=1S/C46H29NS2/c1-4-15-30(16-5-1)33-23-12-24-36-37-25-13-26-38(44(37)48-43(33)36)39-27-14-28-40-41-29-42(34-21-10-11-22-35(34)46(41)49-45(39)40)47(31-17-6-2-7-18-31)32-19-8-3-9-20-32/h1-29H. The molecule has 0 radical (unpaired) electrons. The maximum absolute atomic E-state index is 2.42. The number of anilines is 3. The summed E-state index contributed by atoms with van der Waals surface area (Å²) >= 11 is 3.85. The van der Waals surface area contributed by atoms with Gasteiger partial charge in [-0.3, -0.25) is 0 Å². The van der Waals surface area contributed by atoms with Crippen LogP contribution in [0.15, 0.2) is 176 Å². The summed E-state index contributed by atoms with van der Waals surface area (Å²) in [6.45, 7) is 0. The molecule has 0 aliphatic rings. The average molecular weight is 660 g/mol.